The van der Waals surface area contributed by atoms with Gasteiger partial charge in [0, 0.05) is 13.0 Å². The third kappa shape index (κ3) is 2.69. The second-order valence-electron chi connectivity index (χ2n) is 6.65. The van der Waals surface area contributed by atoms with Gasteiger partial charge in [0.1, 0.15) is 11.2 Å². The maximum atomic E-state index is 12.6. The first-order valence-electron chi connectivity index (χ1n) is 8.45. The standard InChI is InChI=1S/C18H24N4O3/c1-11(12-6-4-3-5-7-12)22-18(17(19)25,13-8-9-15(13)23)10-14(21-22)16(24)20-2/h3-7,10-11,13,15,21,23H,8-9H2,1-2H3,(H2,19,25)(H,20,24)/t11-,13-,15+,18?/m0/s1. The number of nitrogens with two attached hydrogens (primary N) is 1. The molecule has 3 rings (SSSR count). The normalized spacial score (nSPS) is 30.0. The van der Waals surface area contributed by atoms with Crippen molar-refractivity contribution in [3.8, 4) is 0 Å². The summed E-state index contributed by atoms with van der Waals surface area (Å²) in [6, 6.07) is 9.41. The molecule has 1 aromatic carbocycles. The van der Waals surface area contributed by atoms with Gasteiger partial charge in [-0.25, -0.2) is 0 Å². The molecule has 7 heteroatoms. The lowest BCUT2D eigenvalue weighted by atomic mass is 9.67. The number of amides is 2. The third-order valence-corrected chi connectivity index (χ3v) is 5.34. The molecule has 134 valence electrons. The highest BCUT2D eigenvalue weighted by molar-refractivity contribution is 5.97. The Kier molecular flexibility index (Phi) is 4.53. The van der Waals surface area contributed by atoms with E-state index in [1.165, 1.54) is 7.05 Å². The van der Waals surface area contributed by atoms with Gasteiger partial charge < -0.3 is 21.6 Å². The molecule has 5 N–H and O–H groups in total. The number of carbonyl (C=O) groups is 2. The van der Waals surface area contributed by atoms with Crippen LogP contribution in [0.25, 0.3) is 0 Å². The van der Waals surface area contributed by atoms with Crippen LogP contribution in [0.15, 0.2) is 42.1 Å². The van der Waals surface area contributed by atoms with Crippen LogP contribution < -0.4 is 16.5 Å². The first-order chi connectivity index (χ1) is 11.9. The van der Waals surface area contributed by atoms with Crippen molar-refractivity contribution in [1.82, 2.24) is 15.8 Å². The van der Waals surface area contributed by atoms with Crippen molar-refractivity contribution in [3.63, 3.8) is 0 Å². The zero-order valence-corrected chi connectivity index (χ0v) is 14.4. The molecule has 1 aliphatic heterocycles. The summed E-state index contributed by atoms with van der Waals surface area (Å²) in [5.74, 6) is -1.27. The van der Waals surface area contributed by atoms with Crippen molar-refractivity contribution in [2.24, 2.45) is 11.7 Å². The van der Waals surface area contributed by atoms with E-state index in [-0.39, 0.29) is 23.6 Å². The molecule has 1 heterocycles. The molecule has 1 aliphatic carbocycles. The Morgan fingerprint density at radius 2 is 2.04 bits per heavy atom. The fourth-order valence-electron chi connectivity index (χ4n) is 3.75. The van der Waals surface area contributed by atoms with Crippen LogP contribution in [0, 0.1) is 5.92 Å². The summed E-state index contributed by atoms with van der Waals surface area (Å²) in [4.78, 5) is 24.7. The van der Waals surface area contributed by atoms with Crippen LogP contribution in [0.2, 0.25) is 0 Å². The molecule has 0 spiro atoms. The summed E-state index contributed by atoms with van der Waals surface area (Å²) >= 11 is 0. The first kappa shape index (κ1) is 17.4. The summed E-state index contributed by atoms with van der Waals surface area (Å²) in [6.07, 6.45) is 2.23. The van der Waals surface area contributed by atoms with E-state index >= 15 is 0 Å². The Labute approximate surface area is 146 Å². The Morgan fingerprint density at radius 3 is 2.52 bits per heavy atom. The fraction of sp³-hybridized carbons (Fsp3) is 0.444. The quantitative estimate of drug-likeness (QED) is 0.610. The number of hydrogen-bond acceptors (Lipinski definition) is 5. The van der Waals surface area contributed by atoms with E-state index in [4.69, 9.17) is 5.73 Å². The van der Waals surface area contributed by atoms with Gasteiger partial charge in [0.15, 0.2) is 0 Å². The number of hydrogen-bond donors (Lipinski definition) is 4. The summed E-state index contributed by atoms with van der Waals surface area (Å²) in [5.41, 5.74) is 8.84. The van der Waals surface area contributed by atoms with E-state index in [9.17, 15) is 14.7 Å². The summed E-state index contributed by atoms with van der Waals surface area (Å²) < 4.78 is 0. The topological polar surface area (TPSA) is 108 Å². The molecule has 1 aromatic rings. The lowest BCUT2D eigenvalue weighted by Gasteiger charge is -2.49. The number of nitrogens with zero attached hydrogens (tertiary/aromatic N) is 1. The molecule has 0 aromatic heterocycles. The minimum Gasteiger partial charge on any atom is -0.393 e. The number of primary amides is 1. The van der Waals surface area contributed by atoms with Gasteiger partial charge in [-0.3, -0.25) is 9.59 Å². The minimum absolute atomic E-state index is 0.236. The Morgan fingerprint density at radius 1 is 1.36 bits per heavy atom. The number of hydrazine groups is 1. The number of aliphatic hydroxyl groups excluding tert-OH is 1. The lowest BCUT2D eigenvalue weighted by Crippen LogP contribution is -2.66. The molecule has 1 unspecified atom stereocenters. The average molecular weight is 344 g/mol. The number of rotatable bonds is 5. The van der Waals surface area contributed by atoms with E-state index in [2.05, 4.69) is 10.7 Å². The van der Waals surface area contributed by atoms with Gasteiger partial charge in [-0.15, -0.1) is 0 Å². The molecule has 25 heavy (non-hydrogen) atoms. The van der Waals surface area contributed by atoms with Crippen LogP contribution in [-0.4, -0.2) is 40.6 Å². The summed E-state index contributed by atoms with van der Waals surface area (Å²) in [7, 11) is 1.53. The second-order valence-corrected chi connectivity index (χ2v) is 6.65. The van der Waals surface area contributed by atoms with Gasteiger partial charge in [0.2, 0.25) is 5.91 Å². The Balaban J connectivity index is 2.06. The van der Waals surface area contributed by atoms with Gasteiger partial charge in [-0.2, -0.15) is 5.01 Å². The maximum Gasteiger partial charge on any atom is 0.268 e. The second kappa shape index (κ2) is 6.50. The van der Waals surface area contributed by atoms with Gasteiger partial charge in [0.25, 0.3) is 5.91 Å². The van der Waals surface area contributed by atoms with Crippen molar-refractivity contribution in [3.05, 3.63) is 47.7 Å². The molecule has 2 amide bonds. The smallest absolute Gasteiger partial charge is 0.268 e. The molecule has 0 radical (unpaired) electrons. The Hall–Kier alpha value is -2.38. The Bertz CT molecular complexity index is 706. The van der Waals surface area contributed by atoms with Crippen molar-refractivity contribution < 1.29 is 14.7 Å². The van der Waals surface area contributed by atoms with E-state index in [1.54, 1.807) is 11.1 Å². The number of carbonyl (C=O) groups excluding carboxylic acids is 2. The molecule has 1 fully saturated rings. The molecule has 1 saturated carbocycles. The highest BCUT2D eigenvalue weighted by Gasteiger charge is 2.58. The van der Waals surface area contributed by atoms with Crippen molar-refractivity contribution in [2.75, 3.05) is 7.05 Å². The predicted molar refractivity (Wildman–Crippen MR) is 92.6 cm³/mol. The van der Waals surface area contributed by atoms with Crippen molar-refractivity contribution in [1.29, 1.82) is 0 Å². The van der Waals surface area contributed by atoms with E-state index in [1.807, 2.05) is 37.3 Å². The first-order valence-corrected chi connectivity index (χ1v) is 8.45. The third-order valence-electron chi connectivity index (χ3n) is 5.34. The van der Waals surface area contributed by atoms with Crippen LogP contribution >= 0.6 is 0 Å². The summed E-state index contributed by atoms with van der Waals surface area (Å²) in [5, 5.41) is 14.5. The lowest BCUT2D eigenvalue weighted by molar-refractivity contribution is -0.144. The van der Waals surface area contributed by atoms with Crippen LogP contribution in [0.4, 0.5) is 0 Å². The monoisotopic (exact) mass is 344 g/mol. The van der Waals surface area contributed by atoms with Crippen LogP contribution in [0.3, 0.4) is 0 Å². The highest BCUT2D eigenvalue weighted by atomic mass is 16.3. The zero-order valence-electron chi connectivity index (χ0n) is 14.4. The van der Waals surface area contributed by atoms with Crippen LogP contribution in [0.5, 0.6) is 0 Å². The number of nitrogens with one attached hydrogen (secondary N) is 2. The zero-order chi connectivity index (χ0) is 18.2. The average Bonchev–Trinajstić information content (AvgIpc) is 3.01. The summed E-state index contributed by atoms with van der Waals surface area (Å²) in [6.45, 7) is 1.94. The number of likely N-dealkylation sites (N-methyl/N-ethyl adjacent to an activating group) is 1. The molecular formula is C18H24N4O3. The molecular weight excluding hydrogens is 320 g/mol. The maximum absolute atomic E-state index is 12.6. The predicted octanol–water partition coefficient (Wildman–Crippen LogP) is 0.193. The largest absolute Gasteiger partial charge is 0.393 e. The van der Waals surface area contributed by atoms with Gasteiger partial charge in [0.05, 0.1) is 12.1 Å². The minimum atomic E-state index is -1.26. The van der Waals surface area contributed by atoms with Gasteiger partial charge in [-0.1, -0.05) is 30.3 Å². The van der Waals surface area contributed by atoms with Crippen molar-refractivity contribution in [2.45, 2.75) is 37.5 Å². The van der Waals surface area contributed by atoms with E-state index in [0.29, 0.717) is 12.8 Å². The fourth-order valence-corrected chi connectivity index (χ4v) is 3.75. The molecule has 7 nitrogen and oxygen atoms in total. The van der Waals surface area contributed by atoms with Gasteiger partial charge >= 0.3 is 0 Å². The van der Waals surface area contributed by atoms with Gasteiger partial charge in [-0.05, 0) is 31.4 Å². The molecule has 0 saturated heterocycles. The molecule has 2 aliphatic rings. The number of benzene rings is 1. The van der Waals surface area contributed by atoms with Crippen LogP contribution in [-0.2, 0) is 9.59 Å². The molecule has 0 bridgehead atoms. The molecule has 4 atom stereocenters. The van der Waals surface area contributed by atoms with E-state index < -0.39 is 17.6 Å². The van der Waals surface area contributed by atoms with E-state index in [0.717, 1.165) is 5.56 Å². The SMILES string of the molecule is CNC(=O)C1=CC(C(N)=O)([C@H]2CC[C@H]2O)N([C@@H](C)c2ccccc2)N1. The number of aliphatic hydroxyl groups is 1. The van der Waals surface area contributed by atoms with Crippen LogP contribution in [0.1, 0.15) is 31.4 Å². The van der Waals surface area contributed by atoms with Crippen molar-refractivity contribution >= 4 is 11.8 Å². The highest BCUT2D eigenvalue weighted by Crippen LogP contribution is 2.46.